The molecule has 0 bridgehead atoms. The Labute approximate surface area is 126 Å². The third kappa shape index (κ3) is 3.13. The second-order valence-electron chi connectivity index (χ2n) is 4.69. The lowest BCUT2D eigenvalue weighted by Crippen LogP contribution is -2.50. The first-order valence-corrected chi connectivity index (χ1v) is 7.57. The number of carbonyl (C=O) groups excluding carboxylic acids is 1. The van der Waals surface area contributed by atoms with Crippen molar-refractivity contribution < 1.29 is 9.18 Å². The van der Waals surface area contributed by atoms with Crippen molar-refractivity contribution in [3.8, 4) is 0 Å². The molecule has 0 atom stereocenters. The van der Waals surface area contributed by atoms with E-state index in [9.17, 15) is 9.18 Å². The van der Waals surface area contributed by atoms with Gasteiger partial charge in [-0.05, 0) is 12.1 Å². The topological polar surface area (TPSA) is 48.5 Å². The van der Waals surface area contributed by atoms with E-state index >= 15 is 0 Å². The molecule has 1 aliphatic heterocycles. The number of hydrogen-bond acceptors (Lipinski definition) is 4. The van der Waals surface area contributed by atoms with E-state index in [0.29, 0.717) is 37.0 Å². The number of halogens is 1. The van der Waals surface area contributed by atoms with E-state index in [-0.39, 0.29) is 11.8 Å². The predicted octanol–water partition coefficient (Wildman–Crippen LogP) is 2.64. The Kier molecular flexibility index (Phi) is 4.01. The van der Waals surface area contributed by atoms with Crippen molar-refractivity contribution in [3.05, 3.63) is 41.7 Å². The highest BCUT2D eigenvalue weighted by Gasteiger charge is 2.22. The number of urea groups is 1. The molecule has 7 heteroatoms. The van der Waals surface area contributed by atoms with Crippen LogP contribution in [0.15, 0.2) is 35.8 Å². The van der Waals surface area contributed by atoms with Gasteiger partial charge in [0.15, 0.2) is 5.13 Å². The van der Waals surface area contributed by atoms with Crippen LogP contribution in [0.1, 0.15) is 0 Å². The Bertz CT molecular complexity index is 611. The van der Waals surface area contributed by atoms with Crippen LogP contribution >= 0.6 is 11.3 Å². The third-order valence-corrected chi connectivity index (χ3v) is 4.09. The lowest BCUT2D eigenvalue weighted by molar-refractivity contribution is 0.208. The van der Waals surface area contributed by atoms with Crippen molar-refractivity contribution in [3.63, 3.8) is 0 Å². The van der Waals surface area contributed by atoms with Crippen molar-refractivity contribution in [1.29, 1.82) is 0 Å². The number of piperazine rings is 1. The highest BCUT2D eigenvalue weighted by atomic mass is 32.1. The molecule has 5 nitrogen and oxygen atoms in total. The fraction of sp³-hybridized carbons (Fsp3) is 0.286. The maximum absolute atomic E-state index is 13.7. The van der Waals surface area contributed by atoms with Gasteiger partial charge in [-0.2, -0.15) is 0 Å². The number of aromatic nitrogens is 1. The van der Waals surface area contributed by atoms with Gasteiger partial charge in [0.1, 0.15) is 5.82 Å². The first-order chi connectivity index (χ1) is 10.2. The lowest BCUT2D eigenvalue weighted by atomic mass is 10.2. The summed E-state index contributed by atoms with van der Waals surface area (Å²) < 4.78 is 13.7. The van der Waals surface area contributed by atoms with Crippen LogP contribution in [-0.4, -0.2) is 42.1 Å². The molecule has 0 saturated carbocycles. The monoisotopic (exact) mass is 306 g/mol. The van der Waals surface area contributed by atoms with Crippen molar-refractivity contribution in [2.24, 2.45) is 0 Å². The highest BCUT2D eigenvalue weighted by molar-refractivity contribution is 7.13. The van der Waals surface area contributed by atoms with Crippen LogP contribution < -0.4 is 10.2 Å². The van der Waals surface area contributed by atoms with Crippen LogP contribution in [0.2, 0.25) is 0 Å². The molecule has 21 heavy (non-hydrogen) atoms. The largest absolute Gasteiger partial charge is 0.366 e. The summed E-state index contributed by atoms with van der Waals surface area (Å²) in [5.74, 6) is -0.224. The minimum atomic E-state index is -0.224. The molecule has 1 aromatic heterocycles. The number of hydrogen-bond donors (Lipinski definition) is 1. The van der Waals surface area contributed by atoms with Gasteiger partial charge in [0.25, 0.3) is 0 Å². The number of thiazole rings is 1. The first kappa shape index (κ1) is 13.8. The molecule has 2 aromatic rings. The normalized spacial score (nSPS) is 15.1. The molecule has 2 heterocycles. The highest BCUT2D eigenvalue weighted by Crippen LogP contribution is 2.20. The summed E-state index contributed by atoms with van der Waals surface area (Å²) in [6, 6.07) is 6.56. The predicted molar refractivity (Wildman–Crippen MR) is 81.3 cm³/mol. The van der Waals surface area contributed by atoms with E-state index in [2.05, 4.69) is 10.3 Å². The summed E-state index contributed by atoms with van der Waals surface area (Å²) in [5, 5.41) is 5.16. The van der Waals surface area contributed by atoms with E-state index in [1.807, 2.05) is 16.3 Å². The summed E-state index contributed by atoms with van der Waals surface area (Å²) in [6.45, 7) is 2.36. The van der Waals surface area contributed by atoms with Crippen LogP contribution in [0.4, 0.5) is 20.0 Å². The van der Waals surface area contributed by atoms with Crippen LogP contribution in [0, 0.1) is 5.82 Å². The summed E-state index contributed by atoms with van der Waals surface area (Å²) >= 11 is 1.38. The van der Waals surface area contributed by atoms with E-state index in [1.54, 1.807) is 23.2 Å². The molecule has 0 aliphatic carbocycles. The van der Waals surface area contributed by atoms with Gasteiger partial charge >= 0.3 is 6.03 Å². The van der Waals surface area contributed by atoms with Crippen LogP contribution in [-0.2, 0) is 0 Å². The van der Waals surface area contributed by atoms with E-state index in [0.717, 1.165) is 0 Å². The van der Waals surface area contributed by atoms with Crippen LogP contribution in [0.3, 0.4) is 0 Å². The number of rotatable bonds is 2. The number of anilines is 2. The molecule has 1 N–H and O–H groups in total. The summed E-state index contributed by atoms with van der Waals surface area (Å²) in [7, 11) is 0. The first-order valence-electron chi connectivity index (χ1n) is 6.69. The minimum absolute atomic E-state index is 0.155. The van der Waals surface area contributed by atoms with Gasteiger partial charge in [0.05, 0.1) is 5.69 Å². The molecule has 1 aromatic carbocycles. The van der Waals surface area contributed by atoms with Gasteiger partial charge in [0.2, 0.25) is 0 Å². The van der Waals surface area contributed by atoms with Crippen molar-refractivity contribution in [2.75, 3.05) is 36.4 Å². The molecular weight excluding hydrogens is 291 g/mol. The quantitative estimate of drug-likeness (QED) is 0.928. The second kappa shape index (κ2) is 6.09. The number of nitrogens with one attached hydrogen (secondary N) is 1. The zero-order chi connectivity index (χ0) is 14.7. The second-order valence-corrected chi connectivity index (χ2v) is 5.59. The summed E-state index contributed by atoms with van der Waals surface area (Å²) in [6.07, 6.45) is 1.65. The van der Waals surface area contributed by atoms with Crippen LogP contribution in [0.25, 0.3) is 0 Å². The van der Waals surface area contributed by atoms with Gasteiger partial charge in [-0.15, -0.1) is 11.3 Å². The number of benzene rings is 1. The van der Waals surface area contributed by atoms with Crippen LogP contribution in [0.5, 0.6) is 0 Å². The minimum Gasteiger partial charge on any atom is -0.366 e. The van der Waals surface area contributed by atoms with Gasteiger partial charge < -0.3 is 9.80 Å². The molecule has 0 radical (unpaired) electrons. The van der Waals surface area contributed by atoms with Crippen molar-refractivity contribution in [1.82, 2.24) is 9.88 Å². The molecule has 3 rings (SSSR count). The standard InChI is InChI=1S/C14H15FN4OS/c15-11-3-1-2-4-12(11)18-6-8-19(9-7-18)14(20)17-13-16-5-10-21-13/h1-5,10H,6-9H2,(H,16,17,20). The molecule has 1 aliphatic rings. The van der Waals surface area contributed by atoms with Gasteiger partial charge in [-0.25, -0.2) is 14.2 Å². The number of carbonyl (C=O) groups is 1. The Morgan fingerprint density at radius 2 is 2.00 bits per heavy atom. The zero-order valence-corrected chi connectivity index (χ0v) is 12.1. The Morgan fingerprint density at radius 1 is 1.24 bits per heavy atom. The Hall–Kier alpha value is -2.15. The molecule has 2 amide bonds. The molecule has 1 fully saturated rings. The number of para-hydroxylation sites is 1. The zero-order valence-electron chi connectivity index (χ0n) is 11.3. The summed E-state index contributed by atoms with van der Waals surface area (Å²) in [5.41, 5.74) is 0.595. The smallest absolute Gasteiger partial charge is 0.323 e. The third-order valence-electron chi connectivity index (χ3n) is 3.41. The number of amides is 2. The molecule has 0 spiro atoms. The van der Waals surface area contributed by atoms with E-state index in [4.69, 9.17) is 0 Å². The molecule has 110 valence electrons. The fourth-order valence-corrected chi connectivity index (χ4v) is 2.83. The summed E-state index contributed by atoms with van der Waals surface area (Å²) in [4.78, 5) is 19.8. The van der Waals surface area contributed by atoms with E-state index < -0.39 is 0 Å². The molecular formula is C14H15FN4OS. The number of nitrogens with zero attached hydrogens (tertiary/aromatic N) is 3. The molecule has 0 unspecified atom stereocenters. The fourth-order valence-electron chi connectivity index (χ4n) is 2.31. The lowest BCUT2D eigenvalue weighted by Gasteiger charge is -2.35. The average Bonchev–Trinajstić information content (AvgIpc) is 3.01. The van der Waals surface area contributed by atoms with Gasteiger partial charge in [0, 0.05) is 37.8 Å². The maximum atomic E-state index is 13.7. The van der Waals surface area contributed by atoms with Gasteiger partial charge in [-0.3, -0.25) is 5.32 Å². The maximum Gasteiger partial charge on any atom is 0.323 e. The van der Waals surface area contributed by atoms with Crippen molar-refractivity contribution >= 4 is 28.2 Å². The van der Waals surface area contributed by atoms with E-state index in [1.165, 1.54) is 17.4 Å². The molecule has 1 saturated heterocycles. The SMILES string of the molecule is O=C(Nc1nccs1)N1CCN(c2ccccc2F)CC1. The average molecular weight is 306 g/mol. The van der Waals surface area contributed by atoms with Crippen molar-refractivity contribution in [2.45, 2.75) is 0 Å². The van der Waals surface area contributed by atoms with Gasteiger partial charge in [-0.1, -0.05) is 12.1 Å². The Morgan fingerprint density at radius 3 is 2.67 bits per heavy atom. The Balaban J connectivity index is 1.58.